The van der Waals surface area contributed by atoms with E-state index in [1.165, 1.54) is 16.8 Å². The predicted octanol–water partition coefficient (Wildman–Crippen LogP) is 4.18. The van der Waals surface area contributed by atoms with E-state index in [1.54, 1.807) is 0 Å². The molecule has 0 saturated carbocycles. The van der Waals surface area contributed by atoms with E-state index in [2.05, 4.69) is 52.7 Å². The number of likely N-dealkylation sites (N-methyl/N-ethyl adjacent to an activating group) is 1. The van der Waals surface area contributed by atoms with E-state index < -0.39 is 0 Å². The molecule has 1 saturated heterocycles. The summed E-state index contributed by atoms with van der Waals surface area (Å²) in [5.41, 5.74) is 5.65. The molecule has 0 bridgehead atoms. The smallest absolute Gasteiger partial charge is 0.238 e. The van der Waals surface area contributed by atoms with Gasteiger partial charge in [0.1, 0.15) is 0 Å². The topological polar surface area (TPSA) is 44.8 Å². The maximum atomic E-state index is 12.7. The third kappa shape index (κ3) is 6.19. The van der Waals surface area contributed by atoms with Gasteiger partial charge in [0.05, 0.1) is 19.8 Å². The van der Waals surface area contributed by atoms with Crippen molar-refractivity contribution in [2.75, 3.05) is 50.1 Å². The second-order valence-electron chi connectivity index (χ2n) is 8.31. The number of hydrogen-bond donors (Lipinski definition) is 1. The molecule has 1 amide bonds. The molecule has 1 N–H and O–H groups in total. The number of para-hydroxylation sites is 1. The molecular formula is C27H31N3O2. The Balaban J connectivity index is 1.30. The molecule has 1 aliphatic rings. The summed E-state index contributed by atoms with van der Waals surface area (Å²) in [6.45, 7) is 4.51. The summed E-state index contributed by atoms with van der Waals surface area (Å²) in [4.78, 5) is 17.1. The summed E-state index contributed by atoms with van der Waals surface area (Å²) >= 11 is 0. The van der Waals surface area contributed by atoms with Crippen LogP contribution in [0.2, 0.25) is 0 Å². The van der Waals surface area contributed by atoms with Crippen molar-refractivity contribution in [1.82, 2.24) is 4.90 Å². The molecule has 0 aromatic heterocycles. The van der Waals surface area contributed by atoms with E-state index in [1.807, 2.05) is 48.3 Å². The second-order valence-corrected chi connectivity index (χ2v) is 8.31. The Kier molecular flexibility index (Phi) is 7.54. The normalized spacial score (nSPS) is 13.9. The van der Waals surface area contributed by atoms with Crippen molar-refractivity contribution in [3.05, 3.63) is 95.6 Å². The van der Waals surface area contributed by atoms with Crippen LogP contribution in [-0.4, -0.2) is 50.7 Å². The van der Waals surface area contributed by atoms with Crippen LogP contribution in [0.3, 0.4) is 0 Å². The molecule has 1 heterocycles. The minimum Gasteiger partial charge on any atom is -0.378 e. The molecule has 0 aliphatic carbocycles. The van der Waals surface area contributed by atoms with Gasteiger partial charge in [0, 0.05) is 31.0 Å². The van der Waals surface area contributed by atoms with Gasteiger partial charge in [0.15, 0.2) is 0 Å². The zero-order valence-electron chi connectivity index (χ0n) is 18.7. The zero-order chi connectivity index (χ0) is 22.2. The van der Waals surface area contributed by atoms with E-state index in [0.29, 0.717) is 6.54 Å². The first-order valence-corrected chi connectivity index (χ1v) is 11.2. The summed E-state index contributed by atoms with van der Waals surface area (Å²) in [7, 11) is 1.98. The minimum atomic E-state index is -0.00190. The lowest BCUT2D eigenvalue weighted by atomic mass is 10.0. The number of nitrogens with zero attached hydrogens (tertiary/aromatic N) is 2. The van der Waals surface area contributed by atoms with E-state index in [0.717, 1.165) is 50.5 Å². The molecule has 1 aliphatic heterocycles. The summed E-state index contributed by atoms with van der Waals surface area (Å²) in [6.07, 6.45) is 0.794. The van der Waals surface area contributed by atoms with Gasteiger partial charge < -0.3 is 15.0 Å². The van der Waals surface area contributed by atoms with E-state index in [4.69, 9.17) is 4.74 Å². The molecule has 3 aromatic carbocycles. The van der Waals surface area contributed by atoms with Crippen LogP contribution in [0.25, 0.3) is 0 Å². The van der Waals surface area contributed by atoms with Crippen molar-refractivity contribution in [2.24, 2.45) is 0 Å². The van der Waals surface area contributed by atoms with Gasteiger partial charge in [-0.3, -0.25) is 9.69 Å². The second kappa shape index (κ2) is 10.9. The van der Waals surface area contributed by atoms with Crippen LogP contribution in [0.1, 0.15) is 16.7 Å². The Morgan fingerprint density at radius 1 is 0.906 bits per heavy atom. The fraction of sp³-hybridized carbons (Fsp3) is 0.296. The Hall–Kier alpha value is -3.15. The summed E-state index contributed by atoms with van der Waals surface area (Å²) in [5, 5.41) is 3.10. The van der Waals surface area contributed by atoms with Crippen molar-refractivity contribution < 1.29 is 9.53 Å². The molecule has 5 nitrogen and oxygen atoms in total. The van der Waals surface area contributed by atoms with Crippen LogP contribution in [0.5, 0.6) is 0 Å². The average molecular weight is 430 g/mol. The fourth-order valence-electron chi connectivity index (χ4n) is 4.05. The highest BCUT2D eigenvalue weighted by molar-refractivity contribution is 5.93. The molecule has 0 unspecified atom stereocenters. The SMILES string of the molecule is CN(CC(=O)Nc1ccccc1Cc1ccccc1)Cc1ccc(N2CCOCC2)cc1. The van der Waals surface area contributed by atoms with Crippen molar-refractivity contribution in [1.29, 1.82) is 0 Å². The van der Waals surface area contributed by atoms with Crippen LogP contribution >= 0.6 is 0 Å². The summed E-state index contributed by atoms with van der Waals surface area (Å²) in [6, 6.07) is 27.0. The molecule has 0 atom stereocenters. The van der Waals surface area contributed by atoms with Gasteiger partial charge >= 0.3 is 0 Å². The molecule has 166 valence electrons. The molecule has 4 rings (SSSR count). The highest BCUT2D eigenvalue weighted by atomic mass is 16.5. The molecule has 0 spiro atoms. The van der Waals surface area contributed by atoms with Crippen LogP contribution < -0.4 is 10.2 Å². The lowest BCUT2D eigenvalue weighted by molar-refractivity contribution is -0.117. The number of benzene rings is 3. The number of rotatable bonds is 8. The van der Waals surface area contributed by atoms with E-state index in [9.17, 15) is 4.79 Å². The lowest BCUT2D eigenvalue weighted by Crippen LogP contribution is -2.36. The number of morpholine rings is 1. The maximum absolute atomic E-state index is 12.7. The monoisotopic (exact) mass is 429 g/mol. The third-order valence-corrected chi connectivity index (χ3v) is 5.71. The Morgan fingerprint density at radius 2 is 1.59 bits per heavy atom. The highest BCUT2D eigenvalue weighted by Gasteiger charge is 2.13. The molecule has 3 aromatic rings. The number of ether oxygens (including phenoxy) is 1. The van der Waals surface area contributed by atoms with E-state index >= 15 is 0 Å². The first-order chi connectivity index (χ1) is 15.7. The maximum Gasteiger partial charge on any atom is 0.238 e. The first kappa shape index (κ1) is 22.1. The quantitative estimate of drug-likeness (QED) is 0.583. The Bertz CT molecular complexity index is 999. The number of amides is 1. The molecular weight excluding hydrogens is 398 g/mol. The predicted molar refractivity (Wildman–Crippen MR) is 130 cm³/mol. The van der Waals surface area contributed by atoms with Crippen molar-refractivity contribution >= 4 is 17.3 Å². The van der Waals surface area contributed by atoms with Gasteiger partial charge in [0.2, 0.25) is 5.91 Å². The summed E-state index contributed by atoms with van der Waals surface area (Å²) < 4.78 is 5.43. The van der Waals surface area contributed by atoms with Gasteiger partial charge in [-0.1, -0.05) is 60.7 Å². The number of anilines is 2. The minimum absolute atomic E-state index is 0.00190. The molecule has 5 heteroatoms. The number of carbonyl (C=O) groups excluding carboxylic acids is 1. The molecule has 0 radical (unpaired) electrons. The number of nitrogens with one attached hydrogen (secondary N) is 1. The largest absolute Gasteiger partial charge is 0.378 e. The van der Waals surface area contributed by atoms with Crippen LogP contribution in [0.15, 0.2) is 78.9 Å². The van der Waals surface area contributed by atoms with Gasteiger partial charge in [-0.2, -0.15) is 0 Å². The Morgan fingerprint density at radius 3 is 2.34 bits per heavy atom. The molecule has 1 fully saturated rings. The van der Waals surface area contributed by atoms with Crippen LogP contribution in [-0.2, 0) is 22.5 Å². The van der Waals surface area contributed by atoms with Gasteiger partial charge in [-0.15, -0.1) is 0 Å². The summed E-state index contributed by atoms with van der Waals surface area (Å²) in [5.74, 6) is -0.00190. The lowest BCUT2D eigenvalue weighted by Gasteiger charge is -2.29. The average Bonchev–Trinajstić information content (AvgIpc) is 2.82. The third-order valence-electron chi connectivity index (χ3n) is 5.71. The zero-order valence-corrected chi connectivity index (χ0v) is 18.7. The van der Waals surface area contributed by atoms with Crippen LogP contribution in [0.4, 0.5) is 11.4 Å². The number of hydrogen-bond acceptors (Lipinski definition) is 4. The van der Waals surface area contributed by atoms with E-state index in [-0.39, 0.29) is 5.91 Å². The van der Waals surface area contributed by atoms with Crippen molar-refractivity contribution in [3.8, 4) is 0 Å². The standard InChI is InChI=1S/C27H31N3O2/c1-29(20-23-11-13-25(14-12-23)30-15-17-32-18-16-30)21-27(31)28-26-10-6-5-9-24(26)19-22-7-3-2-4-8-22/h2-14H,15-21H2,1H3,(H,28,31). The van der Waals surface area contributed by atoms with Crippen molar-refractivity contribution in [2.45, 2.75) is 13.0 Å². The van der Waals surface area contributed by atoms with Gasteiger partial charge in [-0.05, 0) is 48.4 Å². The highest BCUT2D eigenvalue weighted by Crippen LogP contribution is 2.20. The fourth-order valence-corrected chi connectivity index (χ4v) is 4.05. The van der Waals surface area contributed by atoms with Gasteiger partial charge in [-0.25, -0.2) is 0 Å². The van der Waals surface area contributed by atoms with Crippen LogP contribution in [0, 0.1) is 0 Å². The number of carbonyl (C=O) groups is 1. The van der Waals surface area contributed by atoms with Gasteiger partial charge in [0.25, 0.3) is 0 Å². The Labute approximate surface area is 190 Å². The molecule has 32 heavy (non-hydrogen) atoms. The van der Waals surface area contributed by atoms with Crippen molar-refractivity contribution in [3.63, 3.8) is 0 Å². The first-order valence-electron chi connectivity index (χ1n) is 11.2.